The Morgan fingerprint density at radius 1 is 1.20 bits per heavy atom. The maximum absolute atomic E-state index is 12.3. The molecule has 1 N–H and O–H groups in total. The molecule has 1 aliphatic heterocycles. The summed E-state index contributed by atoms with van der Waals surface area (Å²) < 4.78 is 7.77. The first-order valence-corrected chi connectivity index (χ1v) is 9.20. The van der Waals surface area contributed by atoms with Crippen molar-refractivity contribution in [2.45, 2.75) is 58.5 Å². The van der Waals surface area contributed by atoms with Crippen LogP contribution in [0.15, 0.2) is 24.3 Å². The molecule has 1 aromatic carbocycles. The van der Waals surface area contributed by atoms with Gasteiger partial charge in [0, 0.05) is 18.5 Å². The van der Waals surface area contributed by atoms with Gasteiger partial charge in [0.2, 0.25) is 0 Å². The topological polar surface area (TPSA) is 69.0 Å². The van der Waals surface area contributed by atoms with E-state index in [4.69, 9.17) is 4.74 Å². The molecular formula is C19H26N4O2. The fraction of sp³-hybridized carbons (Fsp3) is 0.526. The van der Waals surface area contributed by atoms with Crippen LogP contribution in [-0.2, 0) is 19.5 Å². The first kappa shape index (κ1) is 17.5. The third-order valence-corrected chi connectivity index (χ3v) is 4.48. The lowest BCUT2D eigenvalue weighted by molar-refractivity contribution is 0.0949. The first-order valence-electron chi connectivity index (χ1n) is 9.20. The highest BCUT2D eigenvalue weighted by atomic mass is 16.5. The van der Waals surface area contributed by atoms with Gasteiger partial charge < -0.3 is 14.6 Å². The van der Waals surface area contributed by atoms with Gasteiger partial charge in [-0.2, -0.15) is 0 Å². The van der Waals surface area contributed by atoms with E-state index in [1.54, 1.807) is 12.1 Å². The zero-order valence-electron chi connectivity index (χ0n) is 14.8. The number of aryl methyl sites for hydroxylation is 1. The summed E-state index contributed by atoms with van der Waals surface area (Å²) in [6.07, 6.45) is 6.64. The van der Waals surface area contributed by atoms with Crippen LogP contribution >= 0.6 is 0 Å². The molecule has 0 radical (unpaired) electrons. The molecule has 0 bridgehead atoms. The number of hydrogen-bond donors (Lipinski definition) is 1. The van der Waals surface area contributed by atoms with Gasteiger partial charge in [-0.25, -0.2) is 0 Å². The summed E-state index contributed by atoms with van der Waals surface area (Å²) in [5.41, 5.74) is 0.624. The van der Waals surface area contributed by atoms with Crippen molar-refractivity contribution in [1.29, 1.82) is 0 Å². The number of unbranched alkanes of at least 4 members (excludes halogenated alkanes) is 1. The van der Waals surface area contributed by atoms with Crippen LogP contribution < -0.4 is 10.1 Å². The number of ether oxygens (including phenoxy) is 1. The Kier molecular flexibility index (Phi) is 6.04. The maximum atomic E-state index is 12.3. The normalized spacial score (nSPS) is 13.8. The van der Waals surface area contributed by atoms with Gasteiger partial charge >= 0.3 is 0 Å². The molecule has 0 fully saturated rings. The van der Waals surface area contributed by atoms with E-state index in [-0.39, 0.29) is 5.91 Å². The highest BCUT2D eigenvalue weighted by molar-refractivity contribution is 5.94. The molecule has 0 atom stereocenters. The molecule has 3 rings (SSSR count). The number of aromatic nitrogens is 3. The van der Waals surface area contributed by atoms with E-state index in [9.17, 15) is 4.79 Å². The number of hydrogen-bond acceptors (Lipinski definition) is 4. The second-order valence-corrected chi connectivity index (χ2v) is 6.40. The minimum atomic E-state index is -0.105. The first-order chi connectivity index (χ1) is 12.3. The summed E-state index contributed by atoms with van der Waals surface area (Å²) in [5.74, 6) is 2.57. The van der Waals surface area contributed by atoms with Crippen molar-refractivity contribution in [3.63, 3.8) is 0 Å². The zero-order valence-corrected chi connectivity index (χ0v) is 14.8. The fourth-order valence-corrected chi connectivity index (χ4v) is 2.97. The molecule has 134 valence electrons. The largest absolute Gasteiger partial charge is 0.494 e. The maximum Gasteiger partial charge on any atom is 0.251 e. The van der Waals surface area contributed by atoms with Gasteiger partial charge in [-0.1, -0.05) is 19.8 Å². The van der Waals surface area contributed by atoms with E-state index in [1.807, 2.05) is 12.1 Å². The molecule has 6 nitrogen and oxygen atoms in total. The van der Waals surface area contributed by atoms with Crippen LogP contribution in [-0.4, -0.2) is 27.3 Å². The highest BCUT2D eigenvalue weighted by Crippen LogP contribution is 2.15. The SMILES string of the molecule is CCCCOc1ccc(C(=O)NCc2nnc3n2CCCCC3)cc1. The number of nitrogens with one attached hydrogen (secondary N) is 1. The quantitative estimate of drug-likeness (QED) is 0.785. The van der Waals surface area contributed by atoms with Gasteiger partial charge in [0.1, 0.15) is 11.6 Å². The van der Waals surface area contributed by atoms with Crippen molar-refractivity contribution >= 4 is 5.91 Å². The summed E-state index contributed by atoms with van der Waals surface area (Å²) in [7, 11) is 0. The Morgan fingerprint density at radius 3 is 2.84 bits per heavy atom. The summed E-state index contributed by atoms with van der Waals surface area (Å²) in [6.45, 7) is 4.18. The molecule has 0 saturated carbocycles. The van der Waals surface area contributed by atoms with Gasteiger partial charge in [-0.15, -0.1) is 10.2 Å². The molecule has 25 heavy (non-hydrogen) atoms. The molecule has 0 saturated heterocycles. The van der Waals surface area contributed by atoms with Gasteiger partial charge in [0.25, 0.3) is 5.91 Å². The number of fused-ring (bicyclic) bond motifs is 1. The zero-order chi connectivity index (χ0) is 17.5. The summed E-state index contributed by atoms with van der Waals surface area (Å²) in [5, 5.41) is 11.4. The van der Waals surface area contributed by atoms with E-state index >= 15 is 0 Å². The molecule has 1 aromatic heterocycles. The van der Waals surface area contributed by atoms with E-state index < -0.39 is 0 Å². The van der Waals surface area contributed by atoms with E-state index in [1.165, 1.54) is 6.42 Å². The Balaban J connectivity index is 1.55. The van der Waals surface area contributed by atoms with Crippen molar-refractivity contribution < 1.29 is 9.53 Å². The number of rotatable bonds is 7. The molecule has 1 amide bonds. The van der Waals surface area contributed by atoms with Crippen molar-refractivity contribution in [1.82, 2.24) is 20.1 Å². The van der Waals surface area contributed by atoms with Crippen LogP contribution in [0.5, 0.6) is 5.75 Å². The van der Waals surface area contributed by atoms with Crippen LogP contribution in [0.1, 0.15) is 61.0 Å². The van der Waals surface area contributed by atoms with E-state index in [2.05, 4.69) is 27.0 Å². The number of amides is 1. The standard InChI is InChI=1S/C19H26N4O2/c1-2-3-13-25-16-10-8-15(9-11-16)19(24)20-14-18-22-21-17-7-5-4-6-12-23(17)18/h8-11H,2-7,12-14H2,1H3,(H,20,24). The average molecular weight is 342 g/mol. The van der Waals surface area contributed by atoms with Crippen LogP contribution in [0, 0.1) is 0 Å². The minimum Gasteiger partial charge on any atom is -0.494 e. The second kappa shape index (κ2) is 8.65. The lowest BCUT2D eigenvalue weighted by Crippen LogP contribution is -2.25. The summed E-state index contributed by atoms with van der Waals surface area (Å²) in [4.78, 5) is 12.3. The second-order valence-electron chi connectivity index (χ2n) is 6.40. The number of carbonyl (C=O) groups excluding carboxylic acids is 1. The number of benzene rings is 1. The lowest BCUT2D eigenvalue weighted by atomic mass is 10.2. The van der Waals surface area contributed by atoms with Crippen molar-refractivity contribution in [2.24, 2.45) is 0 Å². The molecular weight excluding hydrogens is 316 g/mol. The van der Waals surface area contributed by atoms with Crippen LogP contribution in [0.3, 0.4) is 0 Å². The third kappa shape index (κ3) is 4.59. The smallest absolute Gasteiger partial charge is 0.251 e. The highest BCUT2D eigenvalue weighted by Gasteiger charge is 2.15. The Labute approximate surface area is 148 Å². The summed E-state index contributed by atoms with van der Waals surface area (Å²) >= 11 is 0. The van der Waals surface area contributed by atoms with Gasteiger partial charge in [0.15, 0.2) is 5.82 Å². The Hall–Kier alpha value is -2.37. The van der Waals surface area contributed by atoms with Crippen LogP contribution in [0.4, 0.5) is 0 Å². The monoisotopic (exact) mass is 342 g/mol. The minimum absolute atomic E-state index is 0.105. The predicted octanol–water partition coefficient (Wildman–Crippen LogP) is 3.11. The van der Waals surface area contributed by atoms with Gasteiger partial charge in [-0.3, -0.25) is 4.79 Å². The Bertz CT molecular complexity index is 694. The lowest BCUT2D eigenvalue weighted by Gasteiger charge is -2.09. The molecule has 2 aromatic rings. The fourth-order valence-electron chi connectivity index (χ4n) is 2.97. The van der Waals surface area contributed by atoms with E-state index in [0.29, 0.717) is 18.7 Å². The van der Waals surface area contributed by atoms with E-state index in [0.717, 1.165) is 56.0 Å². The van der Waals surface area contributed by atoms with Crippen molar-refractivity contribution in [2.75, 3.05) is 6.61 Å². The predicted molar refractivity (Wildman–Crippen MR) is 95.6 cm³/mol. The van der Waals surface area contributed by atoms with Crippen LogP contribution in [0.2, 0.25) is 0 Å². The van der Waals surface area contributed by atoms with Crippen molar-refractivity contribution in [3.8, 4) is 5.75 Å². The molecule has 0 unspecified atom stereocenters. The van der Waals surface area contributed by atoms with Gasteiger partial charge in [0.05, 0.1) is 13.2 Å². The summed E-state index contributed by atoms with van der Waals surface area (Å²) in [6, 6.07) is 7.27. The molecule has 0 spiro atoms. The number of carbonyl (C=O) groups is 1. The molecule has 2 heterocycles. The van der Waals surface area contributed by atoms with Crippen molar-refractivity contribution in [3.05, 3.63) is 41.5 Å². The third-order valence-electron chi connectivity index (χ3n) is 4.48. The van der Waals surface area contributed by atoms with Gasteiger partial charge in [-0.05, 0) is 43.5 Å². The molecule has 0 aliphatic carbocycles. The molecule has 6 heteroatoms. The number of nitrogens with zero attached hydrogens (tertiary/aromatic N) is 3. The molecule has 1 aliphatic rings. The van der Waals surface area contributed by atoms with Crippen LogP contribution in [0.25, 0.3) is 0 Å². The Morgan fingerprint density at radius 2 is 2.04 bits per heavy atom. The average Bonchev–Trinajstić information content (AvgIpc) is 2.87.